The van der Waals surface area contributed by atoms with Crippen LogP contribution in [-0.2, 0) is 10.5 Å². The van der Waals surface area contributed by atoms with Crippen LogP contribution in [-0.4, -0.2) is 60.9 Å². The summed E-state index contributed by atoms with van der Waals surface area (Å²) in [6.07, 6.45) is -0.294. The number of fused-ring (bicyclic) bond motifs is 3. The molecule has 0 atom stereocenters. The molecule has 174 valence electrons. The monoisotopic (exact) mass is 474 g/mol. The van der Waals surface area contributed by atoms with Gasteiger partial charge in [0.2, 0.25) is 0 Å². The van der Waals surface area contributed by atoms with Gasteiger partial charge in [-0.25, -0.2) is 4.79 Å². The minimum Gasteiger partial charge on any atom is -0.448 e. The quantitative estimate of drug-likeness (QED) is 0.392. The van der Waals surface area contributed by atoms with Gasteiger partial charge in [0.05, 0.1) is 0 Å². The molecule has 0 unspecified atom stereocenters. The van der Waals surface area contributed by atoms with Gasteiger partial charge in [0.25, 0.3) is 0 Å². The fourth-order valence-electron chi connectivity index (χ4n) is 4.96. The standard InChI is InChI=1S/C26H27BN2O4S/c30-26(33-16-25-23-7-3-1-5-21(23)22-6-2-4-8-24(22)25)29-11-9-28(10-12-29)20-14-18(17-34)13-19(15-20)27(31)32/h1-8,13-15,25,31-32,34H,9-12,16-17H2. The molecule has 1 aliphatic heterocycles. The van der Waals surface area contributed by atoms with Gasteiger partial charge in [0.15, 0.2) is 0 Å². The fourth-order valence-corrected chi connectivity index (χ4v) is 5.14. The minimum atomic E-state index is -1.53. The van der Waals surface area contributed by atoms with Crippen molar-refractivity contribution in [2.24, 2.45) is 0 Å². The Balaban J connectivity index is 1.22. The summed E-state index contributed by atoms with van der Waals surface area (Å²) in [6, 6.07) is 22.1. The molecule has 1 heterocycles. The van der Waals surface area contributed by atoms with Crippen molar-refractivity contribution in [1.29, 1.82) is 0 Å². The van der Waals surface area contributed by atoms with E-state index in [0.29, 0.717) is 44.0 Å². The van der Waals surface area contributed by atoms with Crippen LogP contribution in [0, 0.1) is 0 Å². The number of anilines is 1. The highest BCUT2D eigenvalue weighted by atomic mass is 32.1. The molecule has 2 aliphatic rings. The van der Waals surface area contributed by atoms with Gasteiger partial charge in [0.1, 0.15) is 6.61 Å². The van der Waals surface area contributed by atoms with Crippen LogP contribution in [0.4, 0.5) is 10.5 Å². The first kappa shape index (κ1) is 22.8. The molecule has 0 radical (unpaired) electrons. The maximum absolute atomic E-state index is 12.9. The van der Waals surface area contributed by atoms with E-state index in [9.17, 15) is 14.8 Å². The van der Waals surface area contributed by atoms with Crippen LogP contribution in [0.25, 0.3) is 11.1 Å². The number of nitrogens with zero attached hydrogens (tertiary/aromatic N) is 2. The highest BCUT2D eigenvalue weighted by Crippen LogP contribution is 2.44. The van der Waals surface area contributed by atoms with E-state index in [2.05, 4.69) is 41.8 Å². The first-order chi connectivity index (χ1) is 16.5. The highest BCUT2D eigenvalue weighted by Gasteiger charge is 2.30. The van der Waals surface area contributed by atoms with Crippen molar-refractivity contribution in [1.82, 2.24) is 4.90 Å². The lowest BCUT2D eigenvalue weighted by Crippen LogP contribution is -2.49. The Hall–Kier alpha value is -2.94. The first-order valence-corrected chi connectivity index (χ1v) is 12.1. The number of benzene rings is 3. The SMILES string of the molecule is O=C(OCC1c2ccccc2-c2ccccc21)N1CCN(c2cc(CS)cc(B(O)O)c2)CC1. The molecule has 0 aromatic heterocycles. The average Bonchev–Trinajstić information content (AvgIpc) is 3.20. The summed E-state index contributed by atoms with van der Waals surface area (Å²) in [5.41, 5.74) is 7.09. The summed E-state index contributed by atoms with van der Waals surface area (Å²) in [5, 5.41) is 19.2. The molecule has 8 heteroatoms. The van der Waals surface area contributed by atoms with E-state index < -0.39 is 7.12 Å². The Labute approximate surface area is 205 Å². The van der Waals surface area contributed by atoms with Crippen molar-refractivity contribution >= 4 is 37.0 Å². The number of piperazine rings is 1. The lowest BCUT2D eigenvalue weighted by Gasteiger charge is -2.36. The second-order valence-electron chi connectivity index (χ2n) is 8.74. The number of thiol groups is 1. The lowest BCUT2D eigenvalue weighted by atomic mass is 9.79. The Kier molecular flexibility index (Phi) is 6.54. The van der Waals surface area contributed by atoms with Gasteiger partial charge in [-0.3, -0.25) is 0 Å². The van der Waals surface area contributed by atoms with E-state index in [1.807, 2.05) is 30.3 Å². The molecule has 0 bridgehead atoms. The Morgan fingerprint density at radius 1 is 0.941 bits per heavy atom. The van der Waals surface area contributed by atoms with Crippen molar-refractivity contribution in [2.75, 3.05) is 37.7 Å². The molecule has 3 aromatic rings. The second-order valence-corrected chi connectivity index (χ2v) is 9.06. The number of rotatable bonds is 5. The molecule has 1 saturated heterocycles. The van der Waals surface area contributed by atoms with Crippen molar-refractivity contribution in [3.8, 4) is 11.1 Å². The number of carbonyl (C=O) groups is 1. The third kappa shape index (κ3) is 4.41. The Morgan fingerprint density at radius 2 is 1.56 bits per heavy atom. The molecule has 6 nitrogen and oxygen atoms in total. The Bertz CT molecular complexity index is 1150. The summed E-state index contributed by atoms with van der Waals surface area (Å²) >= 11 is 4.32. The number of carbonyl (C=O) groups excluding carboxylic acids is 1. The summed E-state index contributed by atoms with van der Waals surface area (Å²) in [5.74, 6) is 0.553. The highest BCUT2D eigenvalue weighted by molar-refractivity contribution is 7.79. The van der Waals surface area contributed by atoms with Crippen LogP contribution in [0.1, 0.15) is 22.6 Å². The Morgan fingerprint density at radius 3 is 2.15 bits per heavy atom. The smallest absolute Gasteiger partial charge is 0.448 e. The van der Waals surface area contributed by atoms with Crippen molar-refractivity contribution in [2.45, 2.75) is 11.7 Å². The van der Waals surface area contributed by atoms with Gasteiger partial charge < -0.3 is 24.6 Å². The number of amides is 1. The van der Waals surface area contributed by atoms with Gasteiger partial charge in [-0.1, -0.05) is 54.6 Å². The van der Waals surface area contributed by atoms with E-state index in [0.717, 1.165) is 11.3 Å². The molecule has 0 spiro atoms. The van der Waals surface area contributed by atoms with Gasteiger partial charge in [-0.05, 0) is 45.4 Å². The number of hydrogen-bond donors (Lipinski definition) is 3. The summed E-state index contributed by atoms with van der Waals surface area (Å²) in [7, 11) is -1.53. The van der Waals surface area contributed by atoms with E-state index in [1.54, 1.807) is 17.0 Å². The minimum absolute atomic E-state index is 0.0462. The summed E-state index contributed by atoms with van der Waals surface area (Å²) < 4.78 is 5.80. The van der Waals surface area contributed by atoms with Crippen LogP contribution >= 0.6 is 12.6 Å². The van der Waals surface area contributed by atoms with Crippen LogP contribution in [0.15, 0.2) is 66.7 Å². The second kappa shape index (κ2) is 9.74. The average molecular weight is 474 g/mol. The number of ether oxygens (including phenoxy) is 1. The van der Waals surface area contributed by atoms with E-state index in [1.165, 1.54) is 22.3 Å². The zero-order valence-corrected chi connectivity index (χ0v) is 19.7. The maximum atomic E-state index is 12.9. The van der Waals surface area contributed by atoms with Crippen molar-refractivity contribution < 1.29 is 19.6 Å². The zero-order valence-electron chi connectivity index (χ0n) is 18.8. The first-order valence-electron chi connectivity index (χ1n) is 11.5. The molecule has 3 aromatic carbocycles. The molecule has 34 heavy (non-hydrogen) atoms. The molecule has 1 amide bonds. The van der Waals surface area contributed by atoms with Crippen LogP contribution < -0.4 is 10.4 Å². The van der Waals surface area contributed by atoms with Crippen LogP contribution in [0.3, 0.4) is 0 Å². The van der Waals surface area contributed by atoms with Gasteiger partial charge in [-0.2, -0.15) is 12.6 Å². The summed E-state index contributed by atoms with van der Waals surface area (Å²) in [4.78, 5) is 16.8. The van der Waals surface area contributed by atoms with Crippen molar-refractivity contribution in [3.05, 3.63) is 83.4 Å². The van der Waals surface area contributed by atoms with Crippen LogP contribution in [0.5, 0.6) is 0 Å². The molecule has 0 saturated carbocycles. The molecular formula is C26H27BN2O4S. The zero-order chi connectivity index (χ0) is 23.7. The molecular weight excluding hydrogens is 447 g/mol. The lowest BCUT2D eigenvalue weighted by molar-refractivity contribution is 0.0977. The van der Waals surface area contributed by atoms with Gasteiger partial charge in [-0.15, -0.1) is 0 Å². The van der Waals surface area contributed by atoms with Crippen LogP contribution in [0.2, 0.25) is 0 Å². The molecule has 1 fully saturated rings. The maximum Gasteiger partial charge on any atom is 0.488 e. The van der Waals surface area contributed by atoms with E-state index >= 15 is 0 Å². The third-order valence-corrected chi connectivity index (χ3v) is 7.08. The molecule has 1 aliphatic carbocycles. The van der Waals surface area contributed by atoms with E-state index in [-0.39, 0.29) is 12.0 Å². The summed E-state index contributed by atoms with van der Waals surface area (Å²) in [6.45, 7) is 2.68. The van der Waals surface area contributed by atoms with Crippen molar-refractivity contribution in [3.63, 3.8) is 0 Å². The third-order valence-electron chi connectivity index (χ3n) is 6.72. The molecule has 5 rings (SSSR count). The van der Waals surface area contributed by atoms with Gasteiger partial charge in [0, 0.05) is 43.5 Å². The molecule has 2 N–H and O–H groups in total. The van der Waals surface area contributed by atoms with Gasteiger partial charge >= 0.3 is 13.2 Å². The predicted molar refractivity (Wildman–Crippen MR) is 138 cm³/mol. The predicted octanol–water partition coefficient (Wildman–Crippen LogP) is 2.87. The van der Waals surface area contributed by atoms with E-state index in [4.69, 9.17) is 4.74 Å². The fraction of sp³-hybridized carbons (Fsp3) is 0.269. The topological polar surface area (TPSA) is 73.2 Å². The normalized spacial score (nSPS) is 15.1. The largest absolute Gasteiger partial charge is 0.488 e. The number of hydrogen-bond acceptors (Lipinski definition) is 6.